The van der Waals surface area contributed by atoms with Crippen LogP contribution in [-0.2, 0) is 15.3 Å². The highest BCUT2D eigenvalue weighted by Gasteiger charge is 2.52. The first kappa shape index (κ1) is 11.6. The number of likely N-dealkylation sites (N-methyl/N-ethyl adjacent to an activating group) is 1. The molecule has 5 heteroatoms. The van der Waals surface area contributed by atoms with Crippen LogP contribution in [-0.4, -0.2) is 49.3 Å². The highest BCUT2D eigenvalue weighted by molar-refractivity contribution is 6.06. The number of ether oxygens (including phenoxy) is 1. The van der Waals surface area contributed by atoms with E-state index in [1.54, 1.807) is 11.9 Å². The van der Waals surface area contributed by atoms with Gasteiger partial charge in [-0.15, -0.1) is 0 Å². The summed E-state index contributed by atoms with van der Waals surface area (Å²) in [4.78, 5) is 15.7. The molecule has 1 aromatic rings. The van der Waals surface area contributed by atoms with Gasteiger partial charge in [-0.25, -0.2) is 0 Å². The highest BCUT2D eigenvalue weighted by atomic mass is 16.5. The molecule has 2 aliphatic heterocycles. The molecule has 1 fully saturated rings. The van der Waals surface area contributed by atoms with E-state index >= 15 is 0 Å². The number of fused-ring (bicyclic) bond motifs is 1. The standard InChI is InChI=1S/C13H16N2O3/c1-14-11-5-3-2-4-10(11)13(17,12(14)16)15-6-8-18-9-7-15/h2-5,17H,6-9H2,1H3/t13-/m0/s1. The number of carbonyl (C=O) groups is 1. The second-order valence-electron chi connectivity index (χ2n) is 4.65. The van der Waals surface area contributed by atoms with Gasteiger partial charge in [0.25, 0.3) is 5.91 Å². The fourth-order valence-corrected chi connectivity index (χ4v) is 2.71. The Kier molecular flexibility index (Phi) is 2.62. The van der Waals surface area contributed by atoms with Crippen molar-refractivity contribution in [1.82, 2.24) is 4.90 Å². The van der Waals surface area contributed by atoms with Crippen LogP contribution in [0.1, 0.15) is 5.56 Å². The SMILES string of the molecule is CN1C(=O)[C@](O)(N2CCOCC2)c2ccccc21. The Morgan fingerprint density at radius 3 is 2.67 bits per heavy atom. The van der Waals surface area contributed by atoms with Crippen LogP contribution in [0, 0.1) is 0 Å². The van der Waals surface area contributed by atoms with E-state index in [9.17, 15) is 9.90 Å². The lowest BCUT2D eigenvalue weighted by Gasteiger charge is -2.37. The molecular weight excluding hydrogens is 232 g/mol. The molecule has 1 saturated heterocycles. The molecule has 0 bridgehead atoms. The molecule has 1 N–H and O–H groups in total. The molecule has 0 unspecified atom stereocenters. The smallest absolute Gasteiger partial charge is 0.279 e. The van der Waals surface area contributed by atoms with E-state index in [-0.39, 0.29) is 5.91 Å². The minimum absolute atomic E-state index is 0.286. The first-order valence-corrected chi connectivity index (χ1v) is 6.08. The van der Waals surface area contributed by atoms with Gasteiger partial charge in [0.05, 0.1) is 18.9 Å². The minimum atomic E-state index is -1.53. The first-order valence-electron chi connectivity index (χ1n) is 6.08. The van der Waals surface area contributed by atoms with Crippen LogP contribution in [0.2, 0.25) is 0 Å². The number of hydrogen-bond acceptors (Lipinski definition) is 4. The van der Waals surface area contributed by atoms with Gasteiger partial charge < -0.3 is 14.7 Å². The van der Waals surface area contributed by atoms with Gasteiger partial charge in [-0.2, -0.15) is 0 Å². The van der Waals surface area contributed by atoms with Gasteiger partial charge in [-0.05, 0) is 6.07 Å². The Balaban J connectivity index is 2.07. The predicted molar refractivity (Wildman–Crippen MR) is 66.1 cm³/mol. The number of morpholine rings is 1. The van der Waals surface area contributed by atoms with Crippen LogP contribution >= 0.6 is 0 Å². The number of rotatable bonds is 1. The van der Waals surface area contributed by atoms with E-state index in [0.717, 1.165) is 5.69 Å². The van der Waals surface area contributed by atoms with Crippen molar-refractivity contribution in [3.05, 3.63) is 29.8 Å². The summed E-state index contributed by atoms with van der Waals surface area (Å²) in [5, 5.41) is 10.9. The highest BCUT2D eigenvalue weighted by Crippen LogP contribution is 2.41. The van der Waals surface area contributed by atoms with Crippen LogP contribution in [0.4, 0.5) is 5.69 Å². The number of carbonyl (C=O) groups excluding carboxylic acids is 1. The molecule has 2 heterocycles. The van der Waals surface area contributed by atoms with Crippen molar-refractivity contribution >= 4 is 11.6 Å². The van der Waals surface area contributed by atoms with Crippen molar-refractivity contribution in [3.8, 4) is 0 Å². The van der Waals surface area contributed by atoms with Gasteiger partial charge in [0, 0.05) is 25.7 Å². The third kappa shape index (κ3) is 1.41. The number of hydrogen-bond donors (Lipinski definition) is 1. The average Bonchev–Trinajstić information content (AvgIpc) is 2.64. The Bertz CT molecular complexity index is 485. The van der Waals surface area contributed by atoms with E-state index in [0.29, 0.717) is 31.9 Å². The van der Waals surface area contributed by atoms with Gasteiger partial charge in [-0.3, -0.25) is 9.69 Å². The van der Waals surface area contributed by atoms with Crippen molar-refractivity contribution in [1.29, 1.82) is 0 Å². The number of benzene rings is 1. The van der Waals surface area contributed by atoms with Crippen LogP contribution < -0.4 is 4.90 Å². The van der Waals surface area contributed by atoms with Gasteiger partial charge in [0.2, 0.25) is 5.72 Å². The van der Waals surface area contributed by atoms with Gasteiger partial charge in [0.1, 0.15) is 0 Å². The van der Waals surface area contributed by atoms with Gasteiger partial charge in [0.15, 0.2) is 0 Å². The zero-order valence-corrected chi connectivity index (χ0v) is 10.3. The molecule has 0 aliphatic carbocycles. The van der Waals surface area contributed by atoms with Crippen molar-refractivity contribution in [3.63, 3.8) is 0 Å². The Morgan fingerprint density at radius 1 is 1.28 bits per heavy atom. The lowest BCUT2D eigenvalue weighted by atomic mass is 10.0. The molecular formula is C13H16N2O3. The van der Waals surface area contributed by atoms with Crippen LogP contribution in [0.3, 0.4) is 0 Å². The summed E-state index contributed by atoms with van der Waals surface area (Å²) in [5.74, 6) is -0.286. The molecule has 2 aliphatic rings. The molecule has 1 atom stereocenters. The molecule has 0 saturated carbocycles. The molecule has 5 nitrogen and oxygen atoms in total. The van der Waals surface area contributed by atoms with Crippen LogP contribution in [0.5, 0.6) is 0 Å². The molecule has 0 radical (unpaired) electrons. The maximum Gasteiger partial charge on any atom is 0.279 e. The fourth-order valence-electron chi connectivity index (χ4n) is 2.71. The Labute approximate surface area is 106 Å². The summed E-state index contributed by atoms with van der Waals surface area (Å²) in [7, 11) is 1.69. The maximum atomic E-state index is 12.4. The predicted octanol–water partition coefficient (Wildman–Crippen LogP) is 0.140. The normalized spacial score (nSPS) is 28.6. The lowest BCUT2D eigenvalue weighted by Crippen LogP contribution is -2.56. The molecule has 3 rings (SSSR count). The van der Waals surface area contributed by atoms with E-state index in [1.165, 1.54) is 4.90 Å². The second-order valence-corrected chi connectivity index (χ2v) is 4.65. The summed E-state index contributed by atoms with van der Waals surface area (Å²) >= 11 is 0. The maximum absolute atomic E-state index is 12.4. The van der Waals surface area contributed by atoms with Crippen molar-refractivity contribution in [2.45, 2.75) is 5.72 Å². The van der Waals surface area contributed by atoms with Gasteiger partial charge in [-0.1, -0.05) is 18.2 Å². The molecule has 1 amide bonds. The lowest BCUT2D eigenvalue weighted by molar-refractivity contribution is -0.170. The van der Waals surface area contributed by atoms with E-state index in [4.69, 9.17) is 4.74 Å². The average molecular weight is 248 g/mol. The number of para-hydroxylation sites is 1. The third-order valence-electron chi connectivity index (χ3n) is 3.71. The first-order chi connectivity index (χ1) is 8.65. The van der Waals surface area contributed by atoms with Crippen molar-refractivity contribution in [2.75, 3.05) is 38.3 Å². The van der Waals surface area contributed by atoms with Gasteiger partial charge >= 0.3 is 0 Å². The summed E-state index contributed by atoms with van der Waals surface area (Å²) < 4.78 is 5.28. The van der Waals surface area contributed by atoms with Crippen molar-refractivity contribution < 1.29 is 14.6 Å². The number of amides is 1. The largest absolute Gasteiger partial charge is 0.379 e. The Morgan fingerprint density at radius 2 is 1.94 bits per heavy atom. The topological polar surface area (TPSA) is 53.0 Å². The molecule has 1 aromatic carbocycles. The van der Waals surface area contributed by atoms with E-state index in [1.807, 2.05) is 24.3 Å². The number of aliphatic hydroxyl groups is 1. The van der Waals surface area contributed by atoms with E-state index < -0.39 is 5.72 Å². The van der Waals surface area contributed by atoms with Crippen LogP contribution in [0.25, 0.3) is 0 Å². The number of nitrogens with zero attached hydrogens (tertiary/aromatic N) is 2. The molecule has 96 valence electrons. The zero-order valence-electron chi connectivity index (χ0n) is 10.3. The third-order valence-corrected chi connectivity index (χ3v) is 3.71. The van der Waals surface area contributed by atoms with Crippen molar-refractivity contribution in [2.24, 2.45) is 0 Å². The zero-order chi connectivity index (χ0) is 12.8. The summed E-state index contributed by atoms with van der Waals surface area (Å²) in [6, 6.07) is 7.38. The molecule has 0 aromatic heterocycles. The molecule has 18 heavy (non-hydrogen) atoms. The summed E-state index contributed by atoms with van der Waals surface area (Å²) in [6.07, 6.45) is 0. The summed E-state index contributed by atoms with van der Waals surface area (Å²) in [6.45, 7) is 2.21. The molecule has 0 spiro atoms. The Hall–Kier alpha value is -1.43. The fraction of sp³-hybridized carbons (Fsp3) is 0.462. The minimum Gasteiger partial charge on any atom is -0.379 e. The number of anilines is 1. The van der Waals surface area contributed by atoms with Crippen LogP contribution in [0.15, 0.2) is 24.3 Å². The quantitative estimate of drug-likeness (QED) is 0.768. The summed E-state index contributed by atoms with van der Waals surface area (Å²) in [5.41, 5.74) is -0.0920. The second kappa shape index (κ2) is 4.05. The van der Waals surface area contributed by atoms with E-state index in [2.05, 4.69) is 0 Å². The monoisotopic (exact) mass is 248 g/mol.